The average Bonchev–Trinajstić information content (AvgIpc) is 2.85. The largest absolute Gasteiger partial charge is 0.335 e. The predicted molar refractivity (Wildman–Crippen MR) is 84.5 cm³/mol. The van der Waals surface area contributed by atoms with Crippen LogP contribution >= 0.6 is 34.8 Å². The molecule has 0 bridgehead atoms. The van der Waals surface area contributed by atoms with Crippen LogP contribution in [0, 0.1) is 0 Å². The van der Waals surface area contributed by atoms with E-state index in [1.165, 1.54) is 51.4 Å². The number of rotatable bonds is 10. The standard InChI is InChI=1S/C14H23Cl3N2O/c1-2-3-4-5-6-7-8-9-10-11-12-18-13(20-19-12)14(15,16)17/h2-11H2,1H3. The first kappa shape index (κ1) is 18.1. The molecule has 3 nitrogen and oxygen atoms in total. The van der Waals surface area contributed by atoms with Gasteiger partial charge in [-0.05, 0) is 6.42 Å². The van der Waals surface area contributed by atoms with Gasteiger partial charge in [0.05, 0.1) is 0 Å². The van der Waals surface area contributed by atoms with Crippen LogP contribution in [0.2, 0.25) is 0 Å². The molecule has 0 saturated heterocycles. The zero-order valence-corrected chi connectivity index (χ0v) is 14.3. The molecule has 0 spiro atoms. The number of nitrogens with zero attached hydrogens (tertiary/aromatic N) is 2. The monoisotopic (exact) mass is 340 g/mol. The molecule has 1 rings (SSSR count). The second-order valence-electron chi connectivity index (χ2n) is 5.09. The van der Waals surface area contributed by atoms with Crippen LogP contribution in [-0.2, 0) is 10.2 Å². The van der Waals surface area contributed by atoms with Crippen LogP contribution in [0.5, 0.6) is 0 Å². The van der Waals surface area contributed by atoms with E-state index in [4.69, 9.17) is 39.3 Å². The average molecular weight is 342 g/mol. The first-order valence-electron chi connectivity index (χ1n) is 7.44. The highest BCUT2D eigenvalue weighted by Gasteiger charge is 2.30. The van der Waals surface area contributed by atoms with Crippen LogP contribution in [0.3, 0.4) is 0 Å². The van der Waals surface area contributed by atoms with E-state index >= 15 is 0 Å². The van der Waals surface area contributed by atoms with Crippen molar-refractivity contribution < 1.29 is 4.52 Å². The van der Waals surface area contributed by atoms with E-state index in [9.17, 15) is 0 Å². The molecule has 116 valence electrons. The molecule has 0 aliphatic rings. The quantitative estimate of drug-likeness (QED) is 0.389. The molecule has 1 heterocycles. The second kappa shape index (κ2) is 9.86. The summed E-state index contributed by atoms with van der Waals surface area (Å²) in [5.41, 5.74) is 0. The first-order chi connectivity index (χ1) is 9.54. The Labute approximate surface area is 136 Å². The van der Waals surface area contributed by atoms with Crippen molar-refractivity contribution in [1.29, 1.82) is 0 Å². The summed E-state index contributed by atoms with van der Waals surface area (Å²) in [6.07, 6.45) is 12.4. The van der Waals surface area contributed by atoms with Crippen LogP contribution < -0.4 is 0 Å². The molecule has 0 radical (unpaired) electrons. The zero-order chi connectivity index (χ0) is 14.8. The Morgan fingerprint density at radius 2 is 1.45 bits per heavy atom. The molecule has 0 N–H and O–H groups in total. The summed E-state index contributed by atoms with van der Waals surface area (Å²) in [6.45, 7) is 2.24. The highest BCUT2D eigenvalue weighted by Crippen LogP contribution is 2.36. The van der Waals surface area contributed by atoms with E-state index in [0.717, 1.165) is 12.8 Å². The van der Waals surface area contributed by atoms with Gasteiger partial charge in [-0.15, -0.1) is 0 Å². The van der Waals surface area contributed by atoms with Gasteiger partial charge in [0.1, 0.15) is 0 Å². The van der Waals surface area contributed by atoms with Crippen molar-refractivity contribution >= 4 is 34.8 Å². The molecule has 0 saturated carbocycles. The Morgan fingerprint density at radius 3 is 1.95 bits per heavy atom. The number of unbranched alkanes of at least 4 members (excludes halogenated alkanes) is 8. The van der Waals surface area contributed by atoms with Crippen molar-refractivity contribution in [1.82, 2.24) is 10.1 Å². The summed E-state index contributed by atoms with van der Waals surface area (Å²) < 4.78 is 3.28. The van der Waals surface area contributed by atoms with E-state index in [0.29, 0.717) is 5.82 Å². The van der Waals surface area contributed by atoms with Gasteiger partial charge in [-0.2, -0.15) is 4.98 Å². The fourth-order valence-corrected chi connectivity index (χ4v) is 2.29. The maximum atomic E-state index is 5.66. The maximum Gasteiger partial charge on any atom is 0.278 e. The summed E-state index contributed by atoms with van der Waals surface area (Å²) in [5.74, 6) is 0.669. The Hall–Kier alpha value is 0.01000. The van der Waals surface area contributed by atoms with Crippen molar-refractivity contribution in [2.75, 3.05) is 0 Å². The number of aryl methyl sites for hydroxylation is 1. The zero-order valence-electron chi connectivity index (χ0n) is 12.0. The molecule has 0 amide bonds. The molecule has 0 aliphatic carbocycles. The number of hydrogen-bond acceptors (Lipinski definition) is 3. The normalized spacial score (nSPS) is 12.0. The van der Waals surface area contributed by atoms with Crippen molar-refractivity contribution in [3.8, 4) is 0 Å². The molecule has 1 aromatic rings. The van der Waals surface area contributed by atoms with Gasteiger partial charge >= 0.3 is 0 Å². The van der Waals surface area contributed by atoms with Gasteiger partial charge < -0.3 is 4.52 Å². The summed E-state index contributed by atoms with van der Waals surface area (Å²) in [7, 11) is 0. The number of hydrogen-bond donors (Lipinski definition) is 0. The summed E-state index contributed by atoms with van der Waals surface area (Å²) >= 11 is 17.0. The number of alkyl halides is 3. The third kappa shape index (κ3) is 7.70. The molecule has 0 fully saturated rings. The predicted octanol–water partition coefficient (Wildman–Crippen LogP) is 5.97. The molecule has 0 aromatic carbocycles. The van der Waals surface area contributed by atoms with Crippen LogP contribution in [-0.4, -0.2) is 10.1 Å². The van der Waals surface area contributed by atoms with Gasteiger partial charge in [0.25, 0.3) is 9.68 Å². The van der Waals surface area contributed by atoms with Crippen LogP contribution in [0.25, 0.3) is 0 Å². The second-order valence-corrected chi connectivity index (χ2v) is 7.37. The Bertz CT molecular complexity index is 364. The third-order valence-corrected chi connectivity index (χ3v) is 3.70. The molecule has 1 aromatic heterocycles. The van der Waals surface area contributed by atoms with Gasteiger partial charge in [-0.25, -0.2) is 0 Å². The molecular weight excluding hydrogens is 319 g/mol. The number of aromatic nitrogens is 2. The minimum absolute atomic E-state index is 0.0495. The molecule has 20 heavy (non-hydrogen) atoms. The SMILES string of the molecule is CCCCCCCCCCCc1noc(C(Cl)(Cl)Cl)n1. The van der Waals surface area contributed by atoms with Crippen molar-refractivity contribution in [2.45, 2.75) is 74.9 Å². The molecule has 0 aliphatic heterocycles. The molecule has 0 unspecified atom stereocenters. The van der Waals surface area contributed by atoms with E-state index in [-0.39, 0.29) is 5.89 Å². The maximum absolute atomic E-state index is 5.66. The first-order valence-corrected chi connectivity index (χ1v) is 8.57. The minimum Gasteiger partial charge on any atom is -0.335 e. The fourth-order valence-electron chi connectivity index (χ4n) is 2.06. The summed E-state index contributed by atoms with van der Waals surface area (Å²) in [6, 6.07) is 0. The van der Waals surface area contributed by atoms with E-state index < -0.39 is 3.79 Å². The Morgan fingerprint density at radius 1 is 0.900 bits per heavy atom. The van der Waals surface area contributed by atoms with Gasteiger partial charge in [-0.1, -0.05) is 98.2 Å². The molecular formula is C14H23Cl3N2O. The topological polar surface area (TPSA) is 38.9 Å². The van der Waals surface area contributed by atoms with Crippen molar-refractivity contribution in [3.63, 3.8) is 0 Å². The summed E-state index contributed by atoms with van der Waals surface area (Å²) in [5, 5.41) is 3.81. The van der Waals surface area contributed by atoms with Crippen LogP contribution in [0.15, 0.2) is 4.52 Å². The van der Waals surface area contributed by atoms with E-state index in [2.05, 4.69) is 17.1 Å². The summed E-state index contributed by atoms with van der Waals surface area (Å²) in [4.78, 5) is 4.08. The van der Waals surface area contributed by atoms with E-state index in [1.54, 1.807) is 0 Å². The lowest BCUT2D eigenvalue weighted by Gasteiger charge is -2.01. The van der Waals surface area contributed by atoms with Gasteiger partial charge in [0.15, 0.2) is 5.82 Å². The highest BCUT2D eigenvalue weighted by atomic mass is 35.6. The Kier molecular flexibility index (Phi) is 8.90. The number of halogens is 3. The van der Waals surface area contributed by atoms with Crippen LogP contribution in [0.4, 0.5) is 0 Å². The molecule has 6 heteroatoms. The smallest absolute Gasteiger partial charge is 0.278 e. The Balaban J connectivity index is 2.03. The van der Waals surface area contributed by atoms with Crippen molar-refractivity contribution in [3.05, 3.63) is 11.7 Å². The highest BCUT2D eigenvalue weighted by molar-refractivity contribution is 6.66. The van der Waals surface area contributed by atoms with Crippen molar-refractivity contribution in [2.24, 2.45) is 0 Å². The molecule has 0 atom stereocenters. The van der Waals surface area contributed by atoms with Crippen LogP contribution in [0.1, 0.15) is 76.4 Å². The third-order valence-electron chi connectivity index (χ3n) is 3.21. The fraction of sp³-hybridized carbons (Fsp3) is 0.857. The lowest BCUT2D eigenvalue weighted by atomic mass is 10.1. The van der Waals surface area contributed by atoms with Gasteiger partial charge in [0, 0.05) is 6.42 Å². The lowest BCUT2D eigenvalue weighted by molar-refractivity contribution is 0.376. The van der Waals surface area contributed by atoms with Gasteiger partial charge in [0.2, 0.25) is 0 Å². The minimum atomic E-state index is -1.62. The van der Waals surface area contributed by atoms with E-state index in [1.807, 2.05) is 0 Å². The lowest BCUT2D eigenvalue weighted by Crippen LogP contribution is -2.00. The van der Waals surface area contributed by atoms with Gasteiger partial charge in [-0.3, -0.25) is 0 Å².